The first kappa shape index (κ1) is 8.96. The van der Waals surface area contributed by atoms with Crippen LogP contribution in [-0.4, -0.2) is 14.6 Å². The normalized spacial score (nSPS) is 11.7. The molecule has 2 aromatic rings. The van der Waals surface area contributed by atoms with Crippen molar-refractivity contribution in [3.63, 3.8) is 0 Å². The first-order chi connectivity index (χ1) is 6.09. The van der Waals surface area contributed by atoms with E-state index in [1.807, 2.05) is 0 Å². The second-order valence-electron chi connectivity index (χ2n) is 3.06. The molecule has 70 valence electrons. The van der Waals surface area contributed by atoms with Crippen LogP contribution in [0.4, 0.5) is 0 Å². The number of rotatable bonds is 1. The van der Waals surface area contributed by atoms with E-state index in [0.29, 0.717) is 10.9 Å². The molecule has 0 bridgehead atoms. The number of hydrogen-bond donors (Lipinski definition) is 1. The van der Waals surface area contributed by atoms with Gasteiger partial charge in [0.1, 0.15) is 0 Å². The molecule has 1 N–H and O–H groups in total. The van der Waals surface area contributed by atoms with Crippen molar-refractivity contribution in [1.82, 2.24) is 14.6 Å². The Balaban J connectivity index is 2.83. The highest BCUT2D eigenvalue weighted by atomic mass is 79.9. The summed E-state index contributed by atoms with van der Waals surface area (Å²) in [6.07, 6.45) is 0. The molecular weight excluding hydrogens is 254 g/mol. The van der Waals surface area contributed by atoms with Gasteiger partial charge in [-0.05, 0) is 21.8 Å². The topological polar surface area (TPSA) is 50.2 Å². The van der Waals surface area contributed by atoms with Crippen molar-refractivity contribution >= 4 is 32.2 Å². The predicted octanol–water partition coefficient (Wildman–Crippen LogP) is 1.97. The van der Waals surface area contributed by atoms with Crippen LogP contribution >= 0.6 is 27.3 Å². The molecule has 6 heteroatoms. The molecule has 4 nitrogen and oxygen atoms in total. The van der Waals surface area contributed by atoms with Gasteiger partial charge in [0.2, 0.25) is 4.96 Å². The number of hydrogen-bond acceptors (Lipinski definition) is 3. The fourth-order valence-corrected chi connectivity index (χ4v) is 3.27. The number of aromatic nitrogens is 3. The molecule has 0 radical (unpaired) electrons. The van der Waals surface area contributed by atoms with Crippen LogP contribution in [0, 0.1) is 0 Å². The van der Waals surface area contributed by atoms with E-state index in [9.17, 15) is 4.79 Å². The third-order valence-electron chi connectivity index (χ3n) is 1.77. The van der Waals surface area contributed by atoms with Crippen LogP contribution in [0.5, 0.6) is 0 Å². The van der Waals surface area contributed by atoms with Crippen LogP contribution in [0.15, 0.2) is 8.58 Å². The van der Waals surface area contributed by atoms with E-state index < -0.39 is 0 Å². The summed E-state index contributed by atoms with van der Waals surface area (Å²) in [5.74, 6) is 0.355. The minimum atomic E-state index is -0.291. The lowest BCUT2D eigenvalue weighted by molar-refractivity contribution is 0.758. The van der Waals surface area contributed by atoms with Gasteiger partial charge in [-0.15, -0.1) is 0 Å². The lowest BCUT2D eigenvalue weighted by Crippen LogP contribution is -2.05. The molecule has 0 saturated heterocycles. The van der Waals surface area contributed by atoms with E-state index >= 15 is 0 Å². The summed E-state index contributed by atoms with van der Waals surface area (Å²) in [5, 5.41) is 2.66. The summed E-state index contributed by atoms with van der Waals surface area (Å²) >= 11 is 4.91. The molecule has 0 aliphatic rings. The van der Waals surface area contributed by atoms with Crippen LogP contribution < -0.4 is 5.69 Å². The number of fused-ring (bicyclic) bond motifs is 1. The lowest BCUT2D eigenvalue weighted by Gasteiger charge is -2.02. The molecule has 0 saturated carbocycles. The highest BCUT2D eigenvalue weighted by Gasteiger charge is 2.14. The van der Waals surface area contributed by atoms with Gasteiger partial charge in [-0.1, -0.05) is 25.2 Å². The second-order valence-corrected chi connectivity index (χ2v) is 5.36. The molecule has 0 atom stereocenters. The first-order valence-corrected chi connectivity index (χ1v) is 5.47. The van der Waals surface area contributed by atoms with Crippen LogP contribution in [0.3, 0.4) is 0 Å². The molecule has 0 spiro atoms. The third kappa shape index (κ3) is 1.34. The van der Waals surface area contributed by atoms with Crippen molar-refractivity contribution in [1.29, 1.82) is 0 Å². The van der Waals surface area contributed by atoms with Gasteiger partial charge >= 0.3 is 5.69 Å². The maximum Gasteiger partial charge on any atom is 0.362 e. The lowest BCUT2D eigenvalue weighted by atomic mass is 10.2. The van der Waals surface area contributed by atoms with Crippen molar-refractivity contribution in [2.24, 2.45) is 0 Å². The Bertz CT molecular complexity index is 495. The highest BCUT2D eigenvalue weighted by Crippen LogP contribution is 2.31. The minimum Gasteiger partial charge on any atom is -0.244 e. The maximum absolute atomic E-state index is 10.9. The Morgan fingerprint density at radius 1 is 1.62 bits per heavy atom. The summed E-state index contributed by atoms with van der Waals surface area (Å²) in [7, 11) is 0. The quantitative estimate of drug-likeness (QED) is 0.854. The summed E-state index contributed by atoms with van der Waals surface area (Å²) in [5.41, 5.74) is 0.773. The average Bonchev–Trinajstić information content (AvgIpc) is 2.41. The fraction of sp³-hybridized carbons (Fsp3) is 0.429. The molecule has 2 heterocycles. The van der Waals surface area contributed by atoms with Crippen molar-refractivity contribution < 1.29 is 0 Å². The van der Waals surface area contributed by atoms with Crippen LogP contribution in [0.25, 0.3) is 4.96 Å². The van der Waals surface area contributed by atoms with Crippen molar-refractivity contribution in [2.75, 3.05) is 0 Å². The predicted molar refractivity (Wildman–Crippen MR) is 55.5 cm³/mol. The van der Waals surface area contributed by atoms with Gasteiger partial charge in [0.15, 0.2) is 0 Å². The van der Waals surface area contributed by atoms with Crippen LogP contribution in [0.2, 0.25) is 0 Å². The summed E-state index contributed by atoms with van der Waals surface area (Å²) in [6, 6.07) is 0. The largest absolute Gasteiger partial charge is 0.362 e. The number of H-pyrrole nitrogens is 1. The second kappa shape index (κ2) is 2.95. The molecule has 0 amide bonds. The zero-order chi connectivity index (χ0) is 9.59. The van der Waals surface area contributed by atoms with E-state index in [2.05, 4.69) is 39.9 Å². The molecular formula is C7H8BrN3OS. The van der Waals surface area contributed by atoms with E-state index in [1.54, 1.807) is 4.52 Å². The van der Waals surface area contributed by atoms with E-state index in [4.69, 9.17) is 0 Å². The molecule has 2 rings (SSSR count). The third-order valence-corrected chi connectivity index (χ3v) is 3.50. The summed E-state index contributed by atoms with van der Waals surface area (Å²) < 4.78 is 2.77. The van der Waals surface area contributed by atoms with Gasteiger partial charge in [0, 0.05) is 0 Å². The number of nitrogens with zero attached hydrogens (tertiary/aromatic N) is 2. The highest BCUT2D eigenvalue weighted by molar-refractivity contribution is 9.11. The zero-order valence-corrected chi connectivity index (χ0v) is 9.57. The Morgan fingerprint density at radius 3 is 2.92 bits per heavy atom. The standard InChI is InChI=1S/C7H8BrN3OS/c1-3(2)4-5(8)13-7-9-6(12)10-11(4)7/h3H,1-2H3,(H,10,12). The Hall–Kier alpha value is -0.620. The van der Waals surface area contributed by atoms with Crippen LogP contribution in [-0.2, 0) is 0 Å². The van der Waals surface area contributed by atoms with E-state index in [0.717, 1.165) is 9.48 Å². The molecule has 0 aliphatic heterocycles. The molecule has 0 unspecified atom stereocenters. The van der Waals surface area contributed by atoms with Crippen LogP contribution in [0.1, 0.15) is 25.5 Å². The molecule has 0 fully saturated rings. The van der Waals surface area contributed by atoms with Gasteiger partial charge in [0.05, 0.1) is 9.48 Å². The Labute approximate surface area is 86.7 Å². The Kier molecular flexibility index (Phi) is 2.03. The molecule has 0 aromatic carbocycles. The van der Waals surface area contributed by atoms with Gasteiger partial charge in [-0.2, -0.15) is 4.98 Å². The number of nitrogens with one attached hydrogen (secondary N) is 1. The van der Waals surface area contributed by atoms with Gasteiger partial charge in [-0.3, -0.25) is 0 Å². The monoisotopic (exact) mass is 261 g/mol. The number of aromatic amines is 1. The minimum absolute atomic E-state index is 0.291. The Morgan fingerprint density at radius 2 is 2.31 bits per heavy atom. The molecule has 13 heavy (non-hydrogen) atoms. The molecule has 2 aromatic heterocycles. The number of thiazole rings is 1. The average molecular weight is 262 g/mol. The van der Waals surface area contributed by atoms with E-state index in [1.165, 1.54) is 11.3 Å². The SMILES string of the molecule is CC(C)c1c(Br)sc2nc(=O)[nH]n12. The van der Waals surface area contributed by atoms with Crippen molar-refractivity contribution in [2.45, 2.75) is 19.8 Å². The fourth-order valence-electron chi connectivity index (χ4n) is 1.24. The summed E-state index contributed by atoms with van der Waals surface area (Å²) in [6.45, 7) is 4.15. The zero-order valence-electron chi connectivity index (χ0n) is 7.17. The maximum atomic E-state index is 10.9. The number of halogens is 1. The van der Waals surface area contributed by atoms with Crippen molar-refractivity contribution in [3.05, 3.63) is 20.0 Å². The summed E-state index contributed by atoms with van der Waals surface area (Å²) in [4.78, 5) is 15.5. The van der Waals surface area contributed by atoms with Crippen molar-refractivity contribution in [3.8, 4) is 0 Å². The van der Waals surface area contributed by atoms with Gasteiger partial charge in [-0.25, -0.2) is 14.4 Å². The molecule has 0 aliphatic carbocycles. The van der Waals surface area contributed by atoms with Gasteiger partial charge in [0.25, 0.3) is 0 Å². The first-order valence-electron chi connectivity index (χ1n) is 3.86. The smallest absolute Gasteiger partial charge is 0.244 e. The van der Waals surface area contributed by atoms with Gasteiger partial charge < -0.3 is 0 Å². The van der Waals surface area contributed by atoms with E-state index in [-0.39, 0.29) is 5.69 Å².